The molecular weight excluding hydrogens is 176 g/mol. The highest BCUT2D eigenvalue weighted by Crippen LogP contribution is 2.43. The molecule has 0 spiro atoms. The number of hydrogen-bond acceptors (Lipinski definition) is 2. The molecule has 2 nitrogen and oxygen atoms in total. The van der Waals surface area contributed by atoms with Crippen molar-refractivity contribution in [1.82, 2.24) is 0 Å². The zero-order valence-electron chi connectivity index (χ0n) is 9.84. The lowest BCUT2D eigenvalue weighted by molar-refractivity contribution is -0.00532. The molecule has 0 atom stereocenters. The van der Waals surface area contributed by atoms with E-state index in [1.807, 2.05) is 0 Å². The topological polar surface area (TPSA) is 18.5 Å². The summed E-state index contributed by atoms with van der Waals surface area (Å²) < 4.78 is 10.7. The van der Waals surface area contributed by atoms with Gasteiger partial charge in [0, 0.05) is 19.6 Å². The van der Waals surface area contributed by atoms with Crippen molar-refractivity contribution in [2.45, 2.75) is 39.0 Å². The number of hydrogen-bond donors (Lipinski definition) is 0. The van der Waals surface area contributed by atoms with Crippen LogP contribution in [0.25, 0.3) is 0 Å². The molecule has 84 valence electrons. The molecule has 0 radical (unpaired) electrons. The second kappa shape index (κ2) is 5.72. The first-order valence-corrected chi connectivity index (χ1v) is 5.74. The molecule has 1 aliphatic carbocycles. The lowest BCUT2D eigenvalue weighted by Gasteiger charge is -2.32. The lowest BCUT2D eigenvalue weighted by Crippen LogP contribution is -2.32. The minimum absolute atomic E-state index is 0.291. The maximum Gasteiger partial charge on any atom is 0.0540 e. The van der Waals surface area contributed by atoms with E-state index in [2.05, 4.69) is 6.92 Å². The highest BCUT2D eigenvalue weighted by atomic mass is 16.5. The molecule has 0 N–H and O–H groups in total. The third-order valence-corrected chi connectivity index (χ3v) is 3.10. The van der Waals surface area contributed by atoms with Gasteiger partial charge < -0.3 is 9.47 Å². The molecule has 0 bridgehead atoms. The van der Waals surface area contributed by atoms with Crippen LogP contribution >= 0.6 is 0 Å². The van der Waals surface area contributed by atoms with Crippen molar-refractivity contribution >= 4 is 0 Å². The summed E-state index contributed by atoms with van der Waals surface area (Å²) in [7, 11) is 3.60. The standard InChI is InChI=1S/C12H24O2/c1-4-7-12(9-13-2,10-14-3)8-11-5-6-11/h11H,4-10H2,1-3H3. The minimum atomic E-state index is 0.291. The smallest absolute Gasteiger partial charge is 0.0540 e. The Bertz CT molecular complexity index is 135. The molecule has 14 heavy (non-hydrogen) atoms. The van der Waals surface area contributed by atoms with E-state index >= 15 is 0 Å². The first-order chi connectivity index (χ1) is 6.76. The van der Waals surface area contributed by atoms with Crippen LogP contribution in [0.1, 0.15) is 39.0 Å². The van der Waals surface area contributed by atoms with Gasteiger partial charge in [-0.15, -0.1) is 0 Å². The van der Waals surface area contributed by atoms with Crippen LogP contribution in [0.3, 0.4) is 0 Å². The Balaban J connectivity index is 2.49. The van der Waals surface area contributed by atoms with E-state index in [1.165, 1.54) is 32.1 Å². The van der Waals surface area contributed by atoms with Gasteiger partial charge in [0.2, 0.25) is 0 Å². The number of methoxy groups -OCH3 is 2. The Kier molecular flexibility index (Phi) is 4.90. The van der Waals surface area contributed by atoms with Gasteiger partial charge >= 0.3 is 0 Å². The third-order valence-electron chi connectivity index (χ3n) is 3.10. The first kappa shape index (κ1) is 12.0. The molecule has 0 amide bonds. The van der Waals surface area contributed by atoms with Crippen molar-refractivity contribution in [1.29, 1.82) is 0 Å². The molecule has 1 aliphatic rings. The van der Waals surface area contributed by atoms with E-state index < -0.39 is 0 Å². The fourth-order valence-electron chi connectivity index (χ4n) is 2.48. The van der Waals surface area contributed by atoms with Crippen LogP contribution in [0.5, 0.6) is 0 Å². The van der Waals surface area contributed by atoms with Crippen molar-refractivity contribution in [3.05, 3.63) is 0 Å². The normalized spacial score (nSPS) is 17.4. The lowest BCUT2D eigenvalue weighted by atomic mass is 9.80. The summed E-state index contributed by atoms with van der Waals surface area (Å²) in [5, 5.41) is 0. The Morgan fingerprint density at radius 2 is 1.71 bits per heavy atom. The second-order valence-electron chi connectivity index (χ2n) is 4.76. The maximum atomic E-state index is 5.36. The van der Waals surface area contributed by atoms with E-state index in [4.69, 9.17) is 9.47 Å². The van der Waals surface area contributed by atoms with Gasteiger partial charge in [-0.05, 0) is 18.8 Å². The van der Waals surface area contributed by atoms with Gasteiger partial charge in [-0.1, -0.05) is 26.2 Å². The largest absolute Gasteiger partial charge is 0.384 e. The van der Waals surface area contributed by atoms with Crippen LogP contribution in [-0.4, -0.2) is 27.4 Å². The van der Waals surface area contributed by atoms with Crippen molar-refractivity contribution in [3.8, 4) is 0 Å². The fourth-order valence-corrected chi connectivity index (χ4v) is 2.48. The van der Waals surface area contributed by atoms with Gasteiger partial charge in [-0.25, -0.2) is 0 Å². The fraction of sp³-hybridized carbons (Fsp3) is 1.00. The SMILES string of the molecule is CCCC(COC)(COC)CC1CC1. The van der Waals surface area contributed by atoms with Gasteiger partial charge in [0.25, 0.3) is 0 Å². The summed E-state index contributed by atoms with van der Waals surface area (Å²) in [6, 6.07) is 0. The molecule has 1 saturated carbocycles. The average molecular weight is 200 g/mol. The van der Waals surface area contributed by atoms with Crippen LogP contribution in [-0.2, 0) is 9.47 Å². The predicted molar refractivity (Wildman–Crippen MR) is 58.4 cm³/mol. The molecule has 0 aliphatic heterocycles. The van der Waals surface area contributed by atoms with Gasteiger partial charge in [-0.2, -0.15) is 0 Å². The Labute approximate surface area is 88.0 Å². The van der Waals surface area contributed by atoms with Crippen LogP contribution in [0.4, 0.5) is 0 Å². The third kappa shape index (κ3) is 3.58. The summed E-state index contributed by atoms with van der Waals surface area (Å²) in [5.74, 6) is 0.951. The summed E-state index contributed by atoms with van der Waals surface area (Å²) in [5.41, 5.74) is 0.291. The molecule has 0 aromatic rings. The Morgan fingerprint density at radius 1 is 1.14 bits per heavy atom. The minimum Gasteiger partial charge on any atom is -0.384 e. The summed E-state index contributed by atoms with van der Waals surface area (Å²) >= 11 is 0. The first-order valence-electron chi connectivity index (χ1n) is 5.74. The van der Waals surface area contributed by atoms with E-state index in [-0.39, 0.29) is 0 Å². The molecule has 0 aromatic carbocycles. The van der Waals surface area contributed by atoms with Crippen molar-refractivity contribution in [2.75, 3.05) is 27.4 Å². The van der Waals surface area contributed by atoms with Crippen molar-refractivity contribution in [3.63, 3.8) is 0 Å². The van der Waals surface area contributed by atoms with E-state index in [0.29, 0.717) is 5.41 Å². The van der Waals surface area contributed by atoms with Gasteiger partial charge in [0.1, 0.15) is 0 Å². The van der Waals surface area contributed by atoms with E-state index in [1.54, 1.807) is 14.2 Å². The average Bonchev–Trinajstić information content (AvgIpc) is 2.89. The van der Waals surface area contributed by atoms with Crippen molar-refractivity contribution < 1.29 is 9.47 Å². The monoisotopic (exact) mass is 200 g/mol. The quantitative estimate of drug-likeness (QED) is 0.600. The second-order valence-corrected chi connectivity index (χ2v) is 4.76. The van der Waals surface area contributed by atoms with Crippen molar-refractivity contribution in [2.24, 2.45) is 11.3 Å². The highest BCUT2D eigenvalue weighted by Gasteiger charge is 2.36. The van der Waals surface area contributed by atoms with Crippen LogP contribution in [0.2, 0.25) is 0 Å². The molecule has 0 saturated heterocycles. The predicted octanol–water partition coefficient (Wildman–Crippen LogP) is 2.87. The summed E-state index contributed by atoms with van der Waals surface area (Å²) in [4.78, 5) is 0. The Hall–Kier alpha value is -0.0800. The molecular formula is C12H24O2. The summed E-state index contributed by atoms with van der Waals surface area (Å²) in [6.07, 6.45) is 6.57. The number of rotatable bonds is 8. The van der Waals surface area contributed by atoms with Crippen LogP contribution in [0.15, 0.2) is 0 Å². The molecule has 0 unspecified atom stereocenters. The highest BCUT2D eigenvalue weighted by molar-refractivity contribution is 4.86. The molecule has 2 heteroatoms. The van der Waals surface area contributed by atoms with E-state index in [9.17, 15) is 0 Å². The van der Waals surface area contributed by atoms with Crippen LogP contribution < -0.4 is 0 Å². The molecule has 0 aromatic heterocycles. The molecule has 1 fully saturated rings. The van der Waals surface area contributed by atoms with Crippen LogP contribution in [0, 0.1) is 11.3 Å². The zero-order chi connectivity index (χ0) is 10.4. The van der Waals surface area contributed by atoms with Gasteiger partial charge in [0.15, 0.2) is 0 Å². The van der Waals surface area contributed by atoms with Gasteiger partial charge in [0.05, 0.1) is 13.2 Å². The molecule has 1 rings (SSSR count). The summed E-state index contributed by atoms with van der Waals surface area (Å²) in [6.45, 7) is 3.95. The molecule has 0 heterocycles. The number of ether oxygens (including phenoxy) is 2. The maximum absolute atomic E-state index is 5.36. The Morgan fingerprint density at radius 3 is 2.07 bits per heavy atom. The van der Waals surface area contributed by atoms with E-state index in [0.717, 1.165) is 19.1 Å². The van der Waals surface area contributed by atoms with Gasteiger partial charge in [-0.3, -0.25) is 0 Å². The zero-order valence-corrected chi connectivity index (χ0v) is 9.84.